The number of fused-ring (bicyclic) bond motifs is 1. The van der Waals surface area contributed by atoms with E-state index < -0.39 is 5.82 Å². The fourth-order valence-corrected chi connectivity index (χ4v) is 2.37. The van der Waals surface area contributed by atoms with Crippen LogP contribution in [-0.2, 0) is 0 Å². The number of benzene rings is 1. The first kappa shape index (κ1) is 11.4. The van der Waals surface area contributed by atoms with E-state index in [0.717, 1.165) is 10.9 Å². The van der Waals surface area contributed by atoms with Crippen molar-refractivity contribution in [3.63, 3.8) is 0 Å². The Morgan fingerprint density at radius 1 is 1.17 bits per heavy atom. The van der Waals surface area contributed by atoms with Gasteiger partial charge in [0.25, 0.3) is 0 Å². The summed E-state index contributed by atoms with van der Waals surface area (Å²) in [6, 6.07) is 4.18. The third-order valence-electron chi connectivity index (χ3n) is 2.52. The second-order valence-corrected chi connectivity index (χ2v) is 4.54. The normalized spacial score (nSPS) is 11.1. The van der Waals surface area contributed by atoms with Crippen LogP contribution < -0.4 is 0 Å². The SMILES string of the molecule is Fc1cc(Cl)c(-n2cc3cnccc3n2)c(Cl)c1. The van der Waals surface area contributed by atoms with Gasteiger partial charge in [0.1, 0.15) is 11.5 Å². The van der Waals surface area contributed by atoms with Gasteiger partial charge in [-0.3, -0.25) is 4.98 Å². The van der Waals surface area contributed by atoms with E-state index in [4.69, 9.17) is 23.2 Å². The van der Waals surface area contributed by atoms with Crippen molar-refractivity contribution < 1.29 is 4.39 Å². The van der Waals surface area contributed by atoms with Crippen molar-refractivity contribution >= 4 is 34.1 Å². The van der Waals surface area contributed by atoms with Crippen molar-refractivity contribution in [2.75, 3.05) is 0 Å². The van der Waals surface area contributed by atoms with E-state index in [0.29, 0.717) is 5.69 Å². The lowest BCUT2D eigenvalue weighted by Gasteiger charge is -2.06. The Kier molecular flexibility index (Phi) is 2.69. The second kappa shape index (κ2) is 4.23. The Hall–Kier alpha value is -1.65. The molecule has 1 aromatic carbocycles. The van der Waals surface area contributed by atoms with Gasteiger partial charge in [0.05, 0.1) is 15.6 Å². The fourth-order valence-electron chi connectivity index (χ4n) is 1.73. The highest BCUT2D eigenvalue weighted by Gasteiger charge is 2.12. The molecule has 0 saturated carbocycles. The number of pyridine rings is 1. The van der Waals surface area contributed by atoms with Crippen LogP contribution in [0.4, 0.5) is 4.39 Å². The number of rotatable bonds is 1. The number of aromatic nitrogens is 3. The largest absolute Gasteiger partial charge is 0.264 e. The lowest BCUT2D eigenvalue weighted by Crippen LogP contribution is -1.97. The van der Waals surface area contributed by atoms with Gasteiger partial charge in [-0.25, -0.2) is 9.07 Å². The van der Waals surface area contributed by atoms with Crippen LogP contribution in [0, 0.1) is 5.82 Å². The Morgan fingerprint density at radius 2 is 1.89 bits per heavy atom. The van der Waals surface area contributed by atoms with E-state index in [1.54, 1.807) is 24.7 Å². The van der Waals surface area contributed by atoms with Gasteiger partial charge in [0.2, 0.25) is 0 Å². The van der Waals surface area contributed by atoms with E-state index in [1.807, 2.05) is 0 Å². The van der Waals surface area contributed by atoms with Crippen LogP contribution in [0.1, 0.15) is 0 Å². The van der Waals surface area contributed by atoms with Crippen molar-refractivity contribution in [1.29, 1.82) is 0 Å². The number of hydrogen-bond donors (Lipinski definition) is 0. The van der Waals surface area contributed by atoms with Gasteiger partial charge in [-0.05, 0) is 18.2 Å². The first-order chi connectivity index (χ1) is 8.65. The van der Waals surface area contributed by atoms with Gasteiger partial charge in [0.15, 0.2) is 0 Å². The Bertz CT molecular complexity index is 683. The van der Waals surface area contributed by atoms with Crippen LogP contribution in [-0.4, -0.2) is 14.8 Å². The Morgan fingerprint density at radius 3 is 2.56 bits per heavy atom. The summed E-state index contributed by atoms with van der Waals surface area (Å²) in [5.41, 5.74) is 1.22. The zero-order valence-electron chi connectivity index (χ0n) is 8.94. The summed E-state index contributed by atoms with van der Waals surface area (Å²) in [5.74, 6) is -0.480. The van der Waals surface area contributed by atoms with Crippen LogP contribution in [0.5, 0.6) is 0 Å². The molecule has 0 saturated heterocycles. The Balaban J connectivity index is 2.26. The summed E-state index contributed by atoms with van der Waals surface area (Å²) in [6.45, 7) is 0. The molecule has 0 aliphatic carbocycles. The molecule has 3 rings (SSSR count). The molecule has 0 spiro atoms. The lowest BCUT2D eigenvalue weighted by atomic mass is 10.3. The highest BCUT2D eigenvalue weighted by Crippen LogP contribution is 2.30. The van der Waals surface area contributed by atoms with Gasteiger partial charge in [-0.1, -0.05) is 23.2 Å². The molecule has 0 amide bonds. The average molecular weight is 282 g/mol. The van der Waals surface area contributed by atoms with Gasteiger partial charge >= 0.3 is 0 Å². The molecule has 2 heterocycles. The van der Waals surface area contributed by atoms with E-state index in [1.165, 1.54) is 16.8 Å². The van der Waals surface area contributed by atoms with Crippen LogP contribution in [0.15, 0.2) is 36.8 Å². The van der Waals surface area contributed by atoms with E-state index >= 15 is 0 Å². The third-order valence-corrected chi connectivity index (χ3v) is 3.09. The summed E-state index contributed by atoms with van der Waals surface area (Å²) >= 11 is 12.0. The smallest absolute Gasteiger partial charge is 0.126 e. The molecule has 90 valence electrons. The quantitative estimate of drug-likeness (QED) is 0.678. The predicted octanol–water partition coefficient (Wildman–Crippen LogP) is 3.87. The number of hydrogen-bond acceptors (Lipinski definition) is 2. The zero-order valence-corrected chi connectivity index (χ0v) is 10.5. The second-order valence-electron chi connectivity index (χ2n) is 3.73. The van der Waals surface area contributed by atoms with Crippen molar-refractivity contribution in [2.45, 2.75) is 0 Å². The third kappa shape index (κ3) is 1.83. The van der Waals surface area contributed by atoms with Crippen LogP contribution in [0.2, 0.25) is 10.0 Å². The minimum Gasteiger partial charge on any atom is -0.264 e. The minimum absolute atomic E-state index is 0.209. The molecular formula is C12H6Cl2FN3. The maximum atomic E-state index is 13.1. The fraction of sp³-hybridized carbons (Fsp3) is 0. The van der Waals surface area contributed by atoms with Gasteiger partial charge < -0.3 is 0 Å². The topological polar surface area (TPSA) is 30.7 Å². The first-order valence-corrected chi connectivity index (χ1v) is 5.85. The molecule has 2 aromatic heterocycles. The summed E-state index contributed by atoms with van der Waals surface area (Å²) in [5, 5.41) is 5.59. The van der Waals surface area contributed by atoms with E-state index in [9.17, 15) is 4.39 Å². The maximum Gasteiger partial charge on any atom is 0.126 e. The van der Waals surface area contributed by atoms with E-state index in [2.05, 4.69) is 10.1 Å². The van der Waals surface area contributed by atoms with Gasteiger partial charge in [-0.2, -0.15) is 5.10 Å². The molecule has 3 nitrogen and oxygen atoms in total. The highest BCUT2D eigenvalue weighted by atomic mass is 35.5. The molecule has 6 heteroatoms. The highest BCUT2D eigenvalue weighted by molar-refractivity contribution is 6.37. The molecule has 0 aliphatic heterocycles. The standard InChI is InChI=1S/C12H6Cl2FN3/c13-9-3-8(15)4-10(14)12(9)18-6-7-5-16-2-1-11(7)17-18/h1-6H. The summed E-state index contributed by atoms with van der Waals surface area (Å²) in [6.07, 6.45) is 5.07. The maximum absolute atomic E-state index is 13.1. The van der Waals surface area contributed by atoms with Crippen LogP contribution in [0.25, 0.3) is 16.6 Å². The number of nitrogens with zero attached hydrogens (tertiary/aromatic N) is 3. The number of halogens is 3. The van der Waals surface area contributed by atoms with Gasteiger partial charge in [0, 0.05) is 24.0 Å². The minimum atomic E-state index is -0.480. The predicted molar refractivity (Wildman–Crippen MR) is 68.8 cm³/mol. The van der Waals surface area contributed by atoms with Crippen LogP contribution in [0.3, 0.4) is 0 Å². The molecule has 18 heavy (non-hydrogen) atoms. The monoisotopic (exact) mass is 281 g/mol. The Labute approximate surface area is 112 Å². The van der Waals surface area contributed by atoms with Gasteiger partial charge in [-0.15, -0.1) is 0 Å². The first-order valence-electron chi connectivity index (χ1n) is 5.09. The molecule has 0 aliphatic rings. The molecule has 0 radical (unpaired) electrons. The van der Waals surface area contributed by atoms with Crippen molar-refractivity contribution in [2.24, 2.45) is 0 Å². The lowest BCUT2D eigenvalue weighted by molar-refractivity contribution is 0.627. The van der Waals surface area contributed by atoms with Crippen molar-refractivity contribution in [3.05, 3.63) is 52.7 Å². The molecule has 0 atom stereocenters. The van der Waals surface area contributed by atoms with E-state index in [-0.39, 0.29) is 10.0 Å². The van der Waals surface area contributed by atoms with Crippen molar-refractivity contribution in [3.8, 4) is 5.69 Å². The summed E-state index contributed by atoms with van der Waals surface area (Å²) in [7, 11) is 0. The molecule has 0 fully saturated rings. The summed E-state index contributed by atoms with van der Waals surface area (Å²) in [4.78, 5) is 4.00. The molecular weight excluding hydrogens is 276 g/mol. The molecule has 0 N–H and O–H groups in total. The molecule has 0 unspecified atom stereocenters. The van der Waals surface area contributed by atoms with Crippen LogP contribution >= 0.6 is 23.2 Å². The molecule has 3 aromatic rings. The molecule has 0 bridgehead atoms. The zero-order chi connectivity index (χ0) is 12.7. The van der Waals surface area contributed by atoms with Crippen molar-refractivity contribution in [1.82, 2.24) is 14.8 Å². The summed E-state index contributed by atoms with van der Waals surface area (Å²) < 4.78 is 14.6. The average Bonchev–Trinajstić information content (AvgIpc) is 2.70.